The molecule has 2 aliphatic heterocycles. The number of rotatable bonds is 3. The molecule has 0 aliphatic carbocycles. The summed E-state index contributed by atoms with van der Waals surface area (Å²) >= 11 is 0. The summed E-state index contributed by atoms with van der Waals surface area (Å²) in [4.78, 5) is 15.4. The summed E-state index contributed by atoms with van der Waals surface area (Å²) in [5.74, 6) is 0.0471. The lowest BCUT2D eigenvalue weighted by Gasteiger charge is -2.39. The first-order valence-corrected chi connectivity index (χ1v) is 9.80. The molecule has 2 saturated heterocycles. The molecule has 1 N–H and O–H groups in total. The number of fused-ring (bicyclic) bond motifs is 1. The number of nitrogens with zero attached hydrogens (tertiary/aromatic N) is 2. The van der Waals surface area contributed by atoms with Crippen molar-refractivity contribution in [3.05, 3.63) is 35.5 Å². The zero-order valence-corrected chi connectivity index (χ0v) is 15.8. The molecular weight excluding hydrogens is 326 g/mol. The normalized spacial score (nSPS) is 20.5. The number of hydrogen-bond donors (Lipinski definition) is 1. The maximum absolute atomic E-state index is 12.8. The third kappa shape index (κ3) is 3.51. The highest BCUT2D eigenvalue weighted by Crippen LogP contribution is 2.22. The van der Waals surface area contributed by atoms with E-state index in [0.29, 0.717) is 6.04 Å². The lowest BCUT2D eigenvalue weighted by Crippen LogP contribution is -2.49. The second kappa shape index (κ2) is 7.41. The minimum Gasteiger partial charge on any atom is -0.381 e. The molecule has 2 aliphatic rings. The molecule has 5 heteroatoms. The SMILES string of the molecule is Cc1ccc2cc(C(=O)NC3CCN(C4CCOCC4)CC3)n(C)c2c1. The van der Waals surface area contributed by atoms with E-state index in [9.17, 15) is 4.79 Å². The van der Waals surface area contributed by atoms with E-state index in [-0.39, 0.29) is 11.9 Å². The third-order valence-corrected chi connectivity index (χ3v) is 6.01. The fraction of sp³-hybridized carbons (Fsp3) is 0.571. The smallest absolute Gasteiger partial charge is 0.268 e. The van der Waals surface area contributed by atoms with Gasteiger partial charge in [-0.3, -0.25) is 4.79 Å². The van der Waals surface area contributed by atoms with E-state index < -0.39 is 0 Å². The Morgan fingerprint density at radius 3 is 2.58 bits per heavy atom. The van der Waals surface area contributed by atoms with Crippen LogP contribution in [0.5, 0.6) is 0 Å². The van der Waals surface area contributed by atoms with Crippen LogP contribution in [-0.4, -0.2) is 53.8 Å². The minimum absolute atomic E-state index is 0.0471. The Balaban J connectivity index is 1.37. The van der Waals surface area contributed by atoms with Gasteiger partial charge < -0.3 is 19.5 Å². The van der Waals surface area contributed by atoms with Gasteiger partial charge in [-0.1, -0.05) is 12.1 Å². The number of likely N-dealkylation sites (tertiary alicyclic amines) is 1. The minimum atomic E-state index is 0.0471. The van der Waals surface area contributed by atoms with E-state index in [1.54, 1.807) is 0 Å². The van der Waals surface area contributed by atoms with E-state index in [1.165, 1.54) is 5.56 Å². The predicted octanol–water partition coefficient (Wildman–Crippen LogP) is 2.86. The van der Waals surface area contributed by atoms with Crippen LogP contribution in [0.25, 0.3) is 10.9 Å². The molecule has 1 amide bonds. The number of aryl methyl sites for hydroxylation is 2. The molecule has 0 saturated carbocycles. The number of carbonyl (C=O) groups is 1. The average molecular weight is 355 g/mol. The Kier molecular flexibility index (Phi) is 5.00. The molecule has 0 atom stereocenters. The number of amides is 1. The van der Waals surface area contributed by atoms with Gasteiger partial charge in [0.25, 0.3) is 5.91 Å². The van der Waals surface area contributed by atoms with Crippen molar-refractivity contribution in [1.29, 1.82) is 0 Å². The van der Waals surface area contributed by atoms with Crippen molar-refractivity contribution in [2.45, 2.75) is 44.7 Å². The standard InChI is InChI=1S/C21H29N3O2/c1-15-3-4-16-14-20(23(2)19(16)13-15)21(25)22-17-5-9-24(10-6-17)18-7-11-26-12-8-18/h3-4,13-14,17-18H,5-12H2,1-2H3,(H,22,25). The van der Waals surface area contributed by atoms with Crippen molar-refractivity contribution in [2.75, 3.05) is 26.3 Å². The summed E-state index contributed by atoms with van der Waals surface area (Å²) in [5.41, 5.74) is 3.08. The van der Waals surface area contributed by atoms with Crippen LogP contribution >= 0.6 is 0 Å². The summed E-state index contributed by atoms with van der Waals surface area (Å²) in [6.07, 6.45) is 4.36. The topological polar surface area (TPSA) is 46.5 Å². The third-order valence-electron chi connectivity index (χ3n) is 6.01. The first-order chi connectivity index (χ1) is 12.6. The lowest BCUT2D eigenvalue weighted by atomic mass is 9.99. The molecule has 2 aromatic rings. The molecule has 140 valence electrons. The highest BCUT2D eigenvalue weighted by Gasteiger charge is 2.27. The molecule has 0 bridgehead atoms. The van der Waals surface area contributed by atoms with Crippen LogP contribution in [0.3, 0.4) is 0 Å². The van der Waals surface area contributed by atoms with E-state index >= 15 is 0 Å². The number of piperidine rings is 1. The molecule has 0 unspecified atom stereocenters. The van der Waals surface area contributed by atoms with Gasteiger partial charge in [-0.25, -0.2) is 0 Å². The number of nitrogens with one attached hydrogen (secondary N) is 1. The molecular formula is C21H29N3O2. The largest absolute Gasteiger partial charge is 0.381 e. The molecule has 1 aromatic heterocycles. The van der Waals surface area contributed by atoms with Crippen molar-refractivity contribution >= 4 is 16.8 Å². The van der Waals surface area contributed by atoms with E-state index in [1.807, 2.05) is 17.7 Å². The second-order valence-corrected chi connectivity index (χ2v) is 7.78. The van der Waals surface area contributed by atoms with Gasteiger partial charge in [0, 0.05) is 56.3 Å². The van der Waals surface area contributed by atoms with Crippen LogP contribution < -0.4 is 5.32 Å². The van der Waals surface area contributed by atoms with Crippen molar-refractivity contribution in [3.8, 4) is 0 Å². The lowest BCUT2D eigenvalue weighted by molar-refractivity contribution is 0.0238. The zero-order valence-electron chi connectivity index (χ0n) is 15.8. The molecule has 0 spiro atoms. The van der Waals surface area contributed by atoms with Crippen molar-refractivity contribution < 1.29 is 9.53 Å². The Labute approximate surface area is 155 Å². The fourth-order valence-corrected chi connectivity index (χ4v) is 4.38. The van der Waals surface area contributed by atoms with Crippen LogP contribution in [0, 0.1) is 6.92 Å². The Morgan fingerprint density at radius 1 is 1.12 bits per heavy atom. The predicted molar refractivity (Wildman–Crippen MR) is 104 cm³/mol. The second-order valence-electron chi connectivity index (χ2n) is 7.78. The molecule has 1 aromatic carbocycles. The molecule has 5 nitrogen and oxygen atoms in total. The maximum atomic E-state index is 12.8. The van der Waals surface area contributed by atoms with E-state index in [4.69, 9.17) is 4.74 Å². The quantitative estimate of drug-likeness (QED) is 0.921. The van der Waals surface area contributed by atoms with Gasteiger partial charge in [-0.05, 0) is 50.3 Å². The average Bonchev–Trinajstić information content (AvgIpc) is 2.99. The van der Waals surface area contributed by atoms with E-state index in [2.05, 4.69) is 35.3 Å². The monoisotopic (exact) mass is 355 g/mol. The Morgan fingerprint density at radius 2 is 1.85 bits per heavy atom. The van der Waals surface area contributed by atoms with Gasteiger partial charge in [0.1, 0.15) is 5.69 Å². The number of benzene rings is 1. The summed E-state index contributed by atoms with van der Waals surface area (Å²) in [6, 6.07) is 9.27. The van der Waals surface area contributed by atoms with Crippen molar-refractivity contribution in [1.82, 2.24) is 14.8 Å². The van der Waals surface area contributed by atoms with Crippen molar-refractivity contribution in [3.63, 3.8) is 0 Å². The van der Waals surface area contributed by atoms with Crippen LogP contribution in [0.15, 0.2) is 24.3 Å². The molecule has 26 heavy (non-hydrogen) atoms. The highest BCUT2D eigenvalue weighted by molar-refractivity contribution is 5.99. The number of carbonyl (C=O) groups excluding carboxylic acids is 1. The van der Waals surface area contributed by atoms with Crippen LogP contribution in [-0.2, 0) is 11.8 Å². The number of aromatic nitrogens is 1. The molecule has 3 heterocycles. The summed E-state index contributed by atoms with van der Waals surface area (Å²) in [5, 5.41) is 4.39. The van der Waals surface area contributed by atoms with Crippen LogP contribution in [0.1, 0.15) is 41.7 Å². The zero-order chi connectivity index (χ0) is 18.1. The molecule has 2 fully saturated rings. The van der Waals surface area contributed by atoms with E-state index in [0.717, 1.165) is 68.6 Å². The van der Waals surface area contributed by atoms with Gasteiger partial charge in [-0.2, -0.15) is 0 Å². The molecule has 0 radical (unpaired) electrons. The van der Waals surface area contributed by atoms with Crippen molar-refractivity contribution in [2.24, 2.45) is 7.05 Å². The van der Waals surface area contributed by atoms with Gasteiger partial charge in [0.15, 0.2) is 0 Å². The van der Waals surface area contributed by atoms with Crippen LogP contribution in [0.2, 0.25) is 0 Å². The fourth-order valence-electron chi connectivity index (χ4n) is 4.38. The first-order valence-electron chi connectivity index (χ1n) is 9.80. The molecule has 4 rings (SSSR count). The number of ether oxygens (including phenoxy) is 1. The summed E-state index contributed by atoms with van der Waals surface area (Å²) in [7, 11) is 1.98. The van der Waals surface area contributed by atoms with Gasteiger partial charge in [0.05, 0.1) is 0 Å². The highest BCUT2D eigenvalue weighted by atomic mass is 16.5. The first kappa shape index (κ1) is 17.6. The summed E-state index contributed by atoms with van der Waals surface area (Å²) in [6.45, 7) is 6.01. The Bertz CT molecular complexity index is 784. The van der Waals surface area contributed by atoms with Gasteiger partial charge >= 0.3 is 0 Å². The van der Waals surface area contributed by atoms with Crippen LogP contribution in [0.4, 0.5) is 0 Å². The van der Waals surface area contributed by atoms with Gasteiger partial charge in [0.2, 0.25) is 0 Å². The van der Waals surface area contributed by atoms with Gasteiger partial charge in [-0.15, -0.1) is 0 Å². The maximum Gasteiger partial charge on any atom is 0.268 e. The Hall–Kier alpha value is -1.85. The summed E-state index contributed by atoms with van der Waals surface area (Å²) < 4.78 is 7.48. The number of hydrogen-bond acceptors (Lipinski definition) is 3.